The van der Waals surface area contributed by atoms with Crippen LogP contribution in [0.4, 0.5) is 0 Å². The van der Waals surface area contributed by atoms with Crippen molar-refractivity contribution in [1.29, 1.82) is 0 Å². The molecule has 1 atom stereocenters. The highest BCUT2D eigenvalue weighted by molar-refractivity contribution is 5.93. The summed E-state index contributed by atoms with van der Waals surface area (Å²) in [6.45, 7) is 1.80. The molecule has 0 aliphatic rings. The molecule has 18 heavy (non-hydrogen) atoms. The van der Waals surface area contributed by atoms with Gasteiger partial charge in [0.25, 0.3) is 5.91 Å². The van der Waals surface area contributed by atoms with Crippen LogP contribution in [0.15, 0.2) is 53.3 Å². The Bertz CT molecular complexity index is 503. The minimum absolute atomic E-state index is 0.140. The smallest absolute Gasteiger partial charge is 0.254 e. The Morgan fingerprint density at radius 2 is 2.06 bits per heavy atom. The molecule has 0 radical (unpaired) electrons. The average Bonchev–Trinajstić information content (AvgIpc) is 2.91. The van der Waals surface area contributed by atoms with E-state index in [0.29, 0.717) is 5.56 Å². The first kappa shape index (κ1) is 12.4. The first-order valence-electron chi connectivity index (χ1n) is 5.68. The van der Waals surface area contributed by atoms with E-state index in [9.17, 15) is 9.90 Å². The van der Waals surface area contributed by atoms with Gasteiger partial charge in [0, 0.05) is 0 Å². The summed E-state index contributed by atoms with van der Waals surface area (Å²) in [5, 5.41) is 13.0. The summed E-state index contributed by atoms with van der Waals surface area (Å²) in [7, 11) is 0. The van der Waals surface area contributed by atoms with Gasteiger partial charge in [0.05, 0.1) is 18.4 Å². The predicted molar refractivity (Wildman–Crippen MR) is 67.1 cm³/mol. The van der Waals surface area contributed by atoms with Crippen LogP contribution in [0, 0.1) is 0 Å². The van der Waals surface area contributed by atoms with E-state index in [0.717, 1.165) is 5.56 Å². The van der Waals surface area contributed by atoms with Crippen molar-refractivity contribution in [1.82, 2.24) is 5.32 Å². The van der Waals surface area contributed by atoms with Crippen molar-refractivity contribution in [2.45, 2.75) is 12.5 Å². The number of hydrogen-bond donors (Lipinski definition) is 2. The van der Waals surface area contributed by atoms with E-state index in [1.165, 1.54) is 12.5 Å². The number of amides is 1. The van der Waals surface area contributed by atoms with Gasteiger partial charge < -0.3 is 14.8 Å². The van der Waals surface area contributed by atoms with Crippen LogP contribution in [-0.4, -0.2) is 17.6 Å². The second-order valence-electron chi connectivity index (χ2n) is 4.33. The molecule has 0 saturated carbocycles. The molecule has 4 nitrogen and oxygen atoms in total. The maximum Gasteiger partial charge on any atom is 0.254 e. The molecule has 0 aliphatic heterocycles. The Kier molecular flexibility index (Phi) is 3.48. The lowest BCUT2D eigenvalue weighted by molar-refractivity contribution is 0.0526. The van der Waals surface area contributed by atoms with E-state index >= 15 is 0 Å². The average molecular weight is 245 g/mol. The molecule has 4 heteroatoms. The van der Waals surface area contributed by atoms with Crippen LogP contribution in [0.2, 0.25) is 0 Å². The molecule has 2 N–H and O–H groups in total. The first-order valence-corrected chi connectivity index (χ1v) is 5.68. The first-order chi connectivity index (χ1) is 8.59. The standard InChI is InChI=1S/C14H15NO3/c1-14(17,12-5-3-2-4-6-12)10-15-13(16)11-7-8-18-9-11/h2-9,17H,10H2,1H3,(H,15,16). The number of aliphatic hydroxyl groups is 1. The SMILES string of the molecule is CC(O)(CNC(=O)c1ccoc1)c1ccccc1. The van der Waals surface area contributed by atoms with Crippen LogP contribution in [0.25, 0.3) is 0 Å². The zero-order valence-corrected chi connectivity index (χ0v) is 10.1. The third-order valence-corrected chi connectivity index (χ3v) is 2.77. The van der Waals surface area contributed by atoms with Crippen LogP contribution in [0.1, 0.15) is 22.8 Å². The summed E-state index contributed by atoms with van der Waals surface area (Å²) in [5.41, 5.74) is 0.108. The number of hydrogen-bond acceptors (Lipinski definition) is 3. The largest absolute Gasteiger partial charge is 0.472 e. The lowest BCUT2D eigenvalue weighted by Gasteiger charge is -2.24. The molecular formula is C14H15NO3. The van der Waals surface area contributed by atoms with E-state index < -0.39 is 5.60 Å². The van der Waals surface area contributed by atoms with Gasteiger partial charge >= 0.3 is 0 Å². The van der Waals surface area contributed by atoms with E-state index in [1.807, 2.05) is 30.3 Å². The molecule has 0 saturated heterocycles. The van der Waals surface area contributed by atoms with Gasteiger partial charge in [-0.05, 0) is 18.6 Å². The number of benzene rings is 1. The highest BCUT2D eigenvalue weighted by Gasteiger charge is 2.23. The van der Waals surface area contributed by atoms with Gasteiger partial charge in [0.1, 0.15) is 11.9 Å². The van der Waals surface area contributed by atoms with Gasteiger partial charge in [0.15, 0.2) is 0 Å². The van der Waals surface area contributed by atoms with Gasteiger partial charge in [0.2, 0.25) is 0 Å². The zero-order valence-electron chi connectivity index (χ0n) is 10.1. The van der Waals surface area contributed by atoms with Crippen LogP contribution in [-0.2, 0) is 5.60 Å². The van der Waals surface area contributed by atoms with Crippen LogP contribution >= 0.6 is 0 Å². The summed E-state index contributed by atoms with van der Waals surface area (Å²) in [6, 6.07) is 10.8. The van der Waals surface area contributed by atoms with Crippen molar-refractivity contribution in [3.05, 3.63) is 60.1 Å². The quantitative estimate of drug-likeness (QED) is 0.865. The molecule has 2 rings (SSSR count). The fraction of sp³-hybridized carbons (Fsp3) is 0.214. The number of rotatable bonds is 4. The summed E-state index contributed by atoms with van der Waals surface area (Å²) in [6.07, 6.45) is 2.80. The van der Waals surface area contributed by atoms with E-state index in [1.54, 1.807) is 13.0 Å². The van der Waals surface area contributed by atoms with Gasteiger partial charge in [-0.25, -0.2) is 0 Å². The monoisotopic (exact) mass is 245 g/mol. The van der Waals surface area contributed by atoms with E-state index in [4.69, 9.17) is 4.42 Å². The second kappa shape index (κ2) is 5.06. The fourth-order valence-electron chi connectivity index (χ4n) is 1.65. The minimum atomic E-state index is -1.10. The van der Waals surface area contributed by atoms with Crippen molar-refractivity contribution >= 4 is 5.91 Å². The zero-order chi connectivity index (χ0) is 13.0. The van der Waals surface area contributed by atoms with Crippen LogP contribution in [0.3, 0.4) is 0 Å². The third-order valence-electron chi connectivity index (χ3n) is 2.77. The highest BCUT2D eigenvalue weighted by atomic mass is 16.3. The molecule has 1 unspecified atom stereocenters. The lowest BCUT2D eigenvalue weighted by atomic mass is 9.96. The second-order valence-corrected chi connectivity index (χ2v) is 4.33. The van der Waals surface area contributed by atoms with E-state index in [2.05, 4.69) is 5.32 Å². The topological polar surface area (TPSA) is 62.5 Å². The molecule has 0 fully saturated rings. The molecule has 1 aromatic carbocycles. The molecule has 0 bridgehead atoms. The van der Waals surface area contributed by atoms with Crippen molar-refractivity contribution < 1.29 is 14.3 Å². The maximum absolute atomic E-state index is 11.7. The van der Waals surface area contributed by atoms with Gasteiger partial charge in [-0.15, -0.1) is 0 Å². The van der Waals surface area contributed by atoms with Crippen molar-refractivity contribution in [2.24, 2.45) is 0 Å². The molecule has 1 amide bonds. The Labute approximate surface area is 105 Å². The molecule has 2 aromatic rings. The van der Waals surface area contributed by atoms with Gasteiger partial charge in [-0.3, -0.25) is 4.79 Å². The van der Waals surface area contributed by atoms with Crippen LogP contribution in [0.5, 0.6) is 0 Å². The molecule has 94 valence electrons. The predicted octanol–water partition coefficient (Wildman–Crippen LogP) is 1.92. The van der Waals surface area contributed by atoms with Crippen LogP contribution < -0.4 is 5.32 Å². The number of furan rings is 1. The number of nitrogens with one attached hydrogen (secondary N) is 1. The normalized spacial score (nSPS) is 13.9. The summed E-state index contributed by atoms with van der Waals surface area (Å²) in [4.78, 5) is 11.7. The number of carbonyl (C=O) groups is 1. The van der Waals surface area contributed by atoms with Crippen molar-refractivity contribution in [3.8, 4) is 0 Å². The Morgan fingerprint density at radius 1 is 1.33 bits per heavy atom. The third kappa shape index (κ3) is 2.78. The van der Waals surface area contributed by atoms with Crippen molar-refractivity contribution in [2.75, 3.05) is 6.54 Å². The lowest BCUT2D eigenvalue weighted by Crippen LogP contribution is -2.38. The van der Waals surface area contributed by atoms with Crippen molar-refractivity contribution in [3.63, 3.8) is 0 Å². The Balaban J connectivity index is 1.99. The molecular weight excluding hydrogens is 230 g/mol. The summed E-state index contributed by atoms with van der Waals surface area (Å²) >= 11 is 0. The van der Waals surface area contributed by atoms with Gasteiger partial charge in [-0.2, -0.15) is 0 Å². The van der Waals surface area contributed by atoms with Gasteiger partial charge in [-0.1, -0.05) is 30.3 Å². The van der Waals surface area contributed by atoms with E-state index in [-0.39, 0.29) is 12.5 Å². The molecule has 0 aliphatic carbocycles. The minimum Gasteiger partial charge on any atom is -0.472 e. The molecule has 1 heterocycles. The molecule has 0 spiro atoms. The summed E-state index contributed by atoms with van der Waals surface area (Å²) in [5.74, 6) is -0.264. The summed E-state index contributed by atoms with van der Waals surface area (Å²) < 4.78 is 4.83. The fourth-order valence-corrected chi connectivity index (χ4v) is 1.65. The molecule has 1 aromatic heterocycles. The Hall–Kier alpha value is -2.07. The highest BCUT2D eigenvalue weighted by Crippen LogP contribution is 2.19. The number of carbonyl (C=O) groups excluding carboxylic acids is 1. The Morgan fingerprint density at radius 3 is 2.67 bits per heavy atom. The maximum atomic E-state index is 11.7.